The van der Waals surface area contributed by atoms with E-state index in [9.17, 15) is 0 Å². The minimum absolute atomic E-state index is 0.496. The molecule has 0 saturated heterocycles. The molecule has 0 heteroatoms. The summed E-state index contributed by atoms with van der Waals surface area (Å²) >= 11 is 0. The molecule has 5 fully saturated rings. The predicted molar refractivity (Wildman–Crippen MR) is 171 cm³/mol. The van der Waals surface area contributed by atoms with Crippen molar-refractivity contribution in [1.29, 1.82) is 0 Å². The fourth-order valence-electron chi connectivity index (χ4n) is 13.1. The van der Waals surface area contributed by atoms with Gasteiger partial charge in [0.25, 0.3) is 0 Å². The van der Waals surface area contributed by atoms with E-state index >= 15 is 0 Å². The first-order chi connectivity index (χ1) is 18.5. The summed E-state index contributed by atoms with van der Waals surface area (Å²) in [6.07, 6.45) is 36.2. The van der Waals surface area contributed by atoms with Crippen LogP contribution in [0.1, 0.15) is 196 Å². The Labute approximate surface area is 246 Å². The normalized spacial score (nSPS) is 37.5. The van der Waals surface area contributed by atoms with Crippen LogP contribution in [0.2, 0.25) is 0 Å². The zero-order valence-corrected chi connectivity index (χ0v) is 27.8. The van der Waals surface area contributed by atoms with Gasteiger partial charge in [-0.3, -0.25) is 0 Å². The van der Waals surface area contributed by atoms with Gasteiger partial charge in [0.2, 0.25) is 0 Å². The van der Waals surface area contributed by atoms with Crippen LogP contribution in [0.25, 0.3) is 0 Å². The van der Waals surface area contributed by atoms with Crippen molar-refractivity contribution in [2.75, 3.05) is 0 Å². The Morgan fingerprint density at radius 1 is 0.487 bits per heavy atom. The molecule has 0 aromatic rings. The zero-order chi connectivity index (χ0) is 27.8. The third-order valence-electron chi connectivity index (χ3n) is 15.3. The van der Waals surface area contributed by atoms with Crippen LogP contribution in [0, 0.1) is 50.7 Å². The Bertz CT molecular complexity index is 772. The maximum atomic E-state index is 2.92. The first-order valence-electron chi connectivity index (χ1n) is 18.5. The van der Waals surface area contributed by atoms with E-state index in [-0.39, 0.29) is 0 Å². The summed E-state index contributed by atoms with van der Waals surface area (Å²) in [6.45, 7) is 16.8. The molecule has 0 aromatic heterocycles. The van der Waals surface area contributed by atoms with Gasteiger partial charge < -0.3 is 0 Å². The highest BCUT2D eigenvalue weighted by atomic mass is 14.6. The van der Waals surface area contributed by atoms with Crippen LogP contribution in [0.15, 0.2) is 0 Å². The van der Waals surface area contributed by atoms with Gasteiger partial charge in [0.05, 0.1) is 0 Å². The Kier molecular flexibility index (Phi) is 9.33. The van der Waals surface area contributed by atoms with Gasteiger partial charge in [0.1, 0.15) is 0 Å². The minimum Gasteiger partial charge on any atom is -0.0596 e. The highest BCUT2D eigenvalue weighted by Crippen LogP contribution is 2.69. The summed E-state index contributed by atoms with van der Waals surface area (Å²) in [5.41, 5.74) is 2.67. The van der Waals surface area contributed by atoms with Crippen LogP contribution in [0.5, 0.6) is 0 Å². The van der Waals surface area contributed by atoms with Gasteiger partial charge in [-0.1, -0.05) is 119 Å². The summed E-state index contributed by atoms with van der Waals surface area (Å²) in [4.78, 5) is 0. The van der Waals surface area contributed by atoms with E-state index in [1.165, 1.54) is 148 Å². The maximum absolute atomic E-state index is 2.92. The van der Waals surface area contributed by atoms with Crippen molar-refractivity contribution < 1.29 is 0 Å². The second-order valence-corrected chi connectivity index (χ2v) is 18.1. The van der Waals surface area contributed by atoms with E-state index in [4.69, 9.17) is 0 Å². The molecule has 0 bridgehead atoms. The van der Waals surface area contributed by atoms with Gasteiger partial charge in [-0.25, -0.2) is 0 Å². The Morgan fingerprint density at radius 3 is 1.56 bits per heavy atom. The van der Waals surface area contributed by atoms with E-state index < -0.39 is 0 Å². The number of rotatable bonds is 8. The lowest BCUT2D eigenvalue weighted by atomic mass is 9.40. The highest BCUT2D eigenvalue weighted by molar-refractivity contribution is 5.10. The second-order valence-electron chi connectivity index (χ2n) is 18.1. The molecule has 0 spiro atoms. The van der Waals surface area contributed by atoms with Gasteiger partial charge in [-0.15, -0.1) is 0 Å². The molecule has 0 heterocycles. The second kappa shape index (κ2) is 11.9. The largest absolute Gasteiger partial charge is 0.0596 e. The molecule has 0 N–H and O–H groups in total. The van der Waals surface area contributed by atoms with Crippen LogP contribution < -0.4 is 0 Å². The van der Waals surface area contributed by atoms with Crippen molar-refractivity contribution in [3.05, 3.63) is 0 Å². The Morgan fingerprint density at radius 2 is 0.974 bits per heavy atom. The molecule has 0 nitrogen and oxygen atoms in total. The third-order valence-corrected chi connectivity index (χ3v) is 15.3. The molecule has 5 aliphatic rings. The third kappa shape index (κ3) is 5.95. The summed E-state index contributed by atoms with van der Waals surface area (Å²) in [5.74, 6) is 3.83. The lowest BCUT2D eigenvalue weighted by molar-refractivity contribution is -0.158. The molecule has 0 amide bonds. The van der Waals surface area contributed by atoms with Gasteiger partial charge in [-0.2, -0.15) is 0 Å². The quantitative estimate of drug-likeness (QED) is 0.288. The van der Waals surface area contributed by atoms with E-state index in [1.54, 1.807) is 6.42 Å². The molecule has 5 aliphatic carbocycles. The SMILES string of the molecule is CC(C)(CC(C)(CC(C)(C1CCCCC1)C1CCCC2(C)CCCCC12C)C1CCCCC1)C1CCCCC1. The fraction of sp³-hybridized carbons (Fsp3) is 1.00. The summed E-state index contributed by atoms with van der Waals surface area (Å²) in [6, 6.07) is 0. The summed E-state index contributed by atoms with van der Waals surface area (Å²) < 4.78 is 0. The van der Waals surface area contributed by atoms with E-state index in [0.717, 1.165) is 23.7 Å². The minimum atomic E-state index is 0.496. The molecule has 0 aromatic carbocycles. The van der Waals surface area contributed by atoms with Crippen molar-refractivity contribution in [1.82, 2.24) is 0 Å². The average molecular weight is 539 g/mol. The van der Waals surface area contributed by atoms with E-state index in [1.807, 2.05) is 0 Å². The van der Waals surface area contributed by atoms with Crippen LogP contribution in [-0.4, -0.2) is 0 Å². The van der Waals surface area contributed by atoms with E-state index in [2.05, 4.69) is 41.5 Å². The fourth-order valence-corrected chi connectivity index (χ4v) is 13.1. The molecule has 39 heavy (non-hydrogen) atoms. The lowest BCUT2D eigenvalue weighted by Crippen LogP contribution is -2.57. The predicted octanol–water partition coefficient (Wildman–Crippen LogP) is 12.9. The molecule has 0 aliphatic heterocycles. The molecular weight excluding hydrogens is 468 g/mol. The van der Waals surface area contributed by atoms with Gasteiger partial charge >= 0.3 is 0 Å². The molecule has 5 unspecified atom stereocenters. The lowest BCUT2D eigenvalue weighted by Gasteiger charge is -2.65. The topological polar surface area (TPSA) is 0 Å². The standard InChI is InChI=1S/C39H70/c1-35(2,31-19-10-7-11-20-31)29-36(3,32-21-12-8-13-22-32)30-38(5,33-23-14-9-15-24-33)34-25-18-27-37(4)26-16-17-28-39(34,37)6/h31-34H,7-30H2,1-6H3. The van der Waals surface area contributed by atoms with Gasteiger partial charge in [0, 0.05) is 0 Å². The number of fused-ring (bicyclic) bond motifs is 1. The first-order valence-corrected chi connectivity index (χ1v) is 18.5. The number of hydrogen-bond acceptors (Lipinski definition) is 0. The maximum Gasteiger partial charge on any atom is -0.0238 e. The van der Waals surface area contributed by atoms with E-state index in [0.29, 0.717) is 27.1 Å². The van der Waals surface area contributed by atoms with Crippen molar-refractivity contribution in [3.8, 4) is 0 Å². The van der Waals surface area contributed by atoms with Crippen molar-refractivity contribution in [3.63, 3.8) is 0 Å². The smallest absolute Gasteiger partial charge is 0.0238 e. The molecule has 5 saturated carbocycles. The average Bonchev–Trinajstić information content (AvgIpc) is 2.94. The van der Waals surface area contributed by atoms with Gasteiger partial charge in [0.15, 0.2) is 0 Å². The van der Waals surface area contributed by atoms with Crippen LogP contribution in [0.4, 0.5) is 0 Å². The molecule has 5 atom stereocenters. The molecule has 226 valence electrons. The van der Waals surface area contributed by atoms with Gasteiger partial charge in [-0.05, 0) is 128 Å². The number of hydrogen-bond donors (Lipinski definition) is 0. The van der Waals surface area contributed by atoms with Crippen molar-refractivity contribution >= 4 is 0 Å². The van der Waals surface area contributed by atoms with Crippen LogP contribution in [0.3, 0.4) is 0 Å². The molecule has 0 radical (unpaired) electrons. The summed E-state index contributed by atoms with van der Waals surface area (Å²) in [7, 11) is 0. The van der Waals surface area contributed by atoms with Crippen molar-refractivity contribution in [2.45, 2.75) is 196 Å². The summed E-state index contributed by atoms with van der Waals surface area (Å²) in [5, 5.41) is 0. The Balaban J connectivity index is 1.52. The van der Waals surface area contributed by atoms with Crippen molar-refractivity contribution in [2.24, 2.45) is 50.7 Å². The van der Waals surface area contributed by atoms with Crippen LogP contribution >= 0.6 is 0 Å². The zero-order valence-electron chi connectivity index (χ0n) is 27.8. The Hall–Kier alpha value is 0. The highest BCUT2D eigenvalue weighted by Gasteiger charge is 2.60. The monoisotopic (exact) mass is 539 g/mol. The first kappa shape index (κ1) is 30.5. The molecular formula is C39H70. The van der Waals surface area contributed by atoms with Crippen LogP contribution in [-0.2, 0) is 0 Å². The molecule has 5 rings (SSSR count).